The lowest BCUT2D eigenvalue weighted by atomic mass is 10.0. The molecule has 3 aromatic carbocycles. The van der Waals surface area contributed by atoms with Crippen LogP contribution in [0.1, 0.15) is 28.9 Å². The molecule has 0 aliphatic rings. The van der Waals surface area contributed by atoms with Gasteiger partial charge in [-0.15, -0.1) is 0 Å². The van der Waals surface area contributed by atoms with Gasteiger partial charge in [0, 0.05) is 0 Å². The molecule has 0 fully saturated rings. The zero-order chi connectivity index (χ0) is 17.6. The summed E-state index contributed by atoms with van der Waals surface area (Å²) in [6.07, 6.45) is -0.320. The van der Waals surface area contributed by atoms with Crippen molar-refractivity contribution in [3.8, 4) is 16.9 Å². The normalized spacial score (nSPS) is 11.6. The number of esters is 1. The van der Waals surface area contributed by atoms with Crippen LogP contribution in [0, 0.1) is 0 Å². The smallest absolute Gasteiger partial charge is 0.338 e. The number of ether oxygens (including phenoxy) is 2. The van der Waals surface area contributed by atoms with Crippen LogP contribution >= 0.6 is 0 Å². The van der Waals surface area contributed by atoms with Crippen molar-refractivity contribution in [1.82, 2.24) is 0 Å². The highest BCUT2D eigenvalue weighted by Crippen LogP contribution is 2.24. The summed E-state index contributed by atoms with van der Waals surface area (Å²) in [5.41, 5.74) is 3.77. The molecular weight excluding hydrogens is 312 g/mol. The maximum atomic E-state index is 12.3. The first-order valence-electron chi connectivity index (χ1n) is 8.18. The molecule has 0 saturated heterocycles. The summed E-state index contributed by atoms with van der Waals surface area (Å²) < 4.78 is 10.7. The van der Waals surface area contributed by atoms with E-state index in [4.69, 9.17) is 9.47 Å². The average molecular weight is 332 g/mol. The molecule has 0 amide bonds. The van der Waals surface area contributed by atoms with Crippen LogP contribution < -0.4 is 4.74 Å². The lowest BCUT2D eigenvalue weighted by molar-refractivity contribution is 0.0338. The van der Waals surface area contributed by atoms with Crippen molar-refractivity contribution in [2.24, 2.45) is 0 Å². The molecular formula is C22H20O3. The van der Waals surface area contributed by atoms with E-state index in [0.29, 0.717) is 11.3 Å². The van der Waals surface area contributed by atoms with Crippen molar-refractivity contribution < 1.29 is 14.3 Å². The highest BCUT2D eigenvalue weighted by Gasteiger charge is 2.14. The van der Waals surface area contributed by atoms with Gasteiger partial charge in [0.15, 0.2) is 0 Å². The number of benzene rings is 3. The lowest BCUT2D eigenvalue weighted by Crippen LogP contribution is -2.09. The summed E-state index contributed by atoms with van der Waals surface area (Å²) >= 11 is 0. The van der Waals surface area contributed by atoms with Gasteiger partial charge in [-0.3, -0.25) is 0 Å². The van der Waals surface area contributed by atoms with Crippen LogP contribution in [0.2, 0.25) is 0 Å². The van der Waals surface area contributed by atoms with Gasteiger partial charge in [-0.2, -0.15) is 0 Å². The Hall–Kier alpha value is -3.07. The third-order valence-corrected chi connectivity index (χ3v) is 4.10. The zero-order valence-electron chi connectivity index (χ0n) is 14.3. The van der Waals surface area contributed by atoms with E-state index in [9.17, 15) is 4.79 Å². The number of carbonyl (C=O) groups is 1. The van der Waals surface area contributed by atoms with Crippen LogP contribution in [0.15, 0.2) is 78.9 Å². The number of carbonyl (C=O) groups excluding carboxylic acids is 1. The minimum atomic E-state index is -0.345. The molecule has 0 N–H and O–H groups in total. The zero-order valence-corrected chi connectivity index (χ0v) is 14.3. The molecule has 0 aromatic heterocycles. The van der Waals surface area contributed by atoms with Gasteiger partial charge in [0.1, 0.15) is 11.9 Å². The van der Waals surface area contributed by atoms with Crippen molar-refractivity contribution in [2.75, 3.05) is 7.11 Å². The van der Waals surface area contributed by atoms with E-state index >= 15 is 0 Å². The van der Waals surface area contributed by atoms with Crippen molar-refractivity contribution in [3.63, 3.8) is 0 Å². The molecule has 0 heterocycles. The topological polar surface area (TPSA) is 35.5 Å². The number of rotatable bonds is 5. The van der Waals surface area contributed by atoms with Gasteiger partial charge in [0.05, 0.1) is 12.7 Å². The Morgan fingerprint density at radius 3 is 2.00 bits per heavy atom. The first kappa shape index (κ1) is 16.8. The van der Waals surface area contributed by atoms with E-state index in [1.54, 1.807) is 31.4 Å². The van der Waals surface area contributed by atoms with Crippen LogP contribution in [0.25, 0.3) is 11.1 Å². The fourth-order valence-corrected chi connectivity index (χ4v) is 2.60. The highest BCUT2D eigenvalue weighted by atomic mass is 16.5. The van der Waals surface area contributed by atoms with Crippen molar-refractivity contribution in [3.05, 3.63) is 90.0 Å². The van der Waals surface area contributed by atoms with E-state index in [-0.39, 0.29) is 12.1 Å². The second kappa shape index (κ2) is 7.67. The average Bonchev–Trinajstić information content (AvgIpc) is 2.68. The van der Waals surface area contributed by atoms with Crippen molar-refractivity contribution in [2.45, 2.75) is 13.0 Å². The summed E-state index contributed by atoms with van der Waals surface area (Å²) in [7, 11) is 1.59. The molecule has 0 radical (unpaired) electrons. The maximum absolute atomic E-state index is 12.3. The highest BCUT2D eigenvalue weighted by molar-refractivity contribution is 5.89. The molecule has 3 nitrogen and oxygen atoms in total. The van der Waals surface area contributed by atoms with Gasteiger partial charge < -0.3 is 9.47 Å². The van der Waals surface area contributed by atoms with Gasteiger partial charge in [-0.05, 0) is 47.9 Å². The minimum absolute atomic E-state index is 0.320. The molecule has 0 spiro atoms. The summed E-state index contributed by atoms with van der Waals surface area (Å²) in [6.45, 7) is 1.87. The van der Waals surface area contributed by atoms with Gasteiger partial charge in [0.25, 0.3) is 0 Å². The van der Waals surface area contributed by atoms with E-state index in [0.717, 1.165) is 16.7 Å². The van der Waals surface area contributed by atoms with Crippen LogP contribution in [-0.4, -0.2) is 13.1 Å². The fraction of sp³-hybridized carbons (Fsp3) is 0.136. The predicted octanol–water partition coefficient (Wildman–Crippen LogP) is 5.28. The van der Waals surface area contributed by atoms with Gasteiger partial charge in [0.2, 0.25) is 0 Å². The van der Waals surface area contributed by atoms with Gasteiger partial charge >= 0.3 is 5.97 Å². The van der Waals surface area contributed by atoms with Crippen molar-refractivity contribution >= 4 is 5.97 Å². The maximum Gasteiger partial charge on any atom is 0.338 e. The molecule has 25 heavy (non-hydrogen) atoms. The summed E-state index contributed by atoms with van der Waals surface area (Å²) in [5.74, 6) is 0.364. The van der Waals surface area contributed by atoms with Crippen LogP contribution in [0.3, 0.4) is 0 Å². The molecule has 3 heteroatoms. The number of hydrogen-bond acceptors (Lipinski definition) is 3. The standard InChI is InChI=1S/C22H20O3/c1-16(25-22(23)20-12-14-21(24-2)15-13-20)17-8-10-19(11-9-17)18-6-4-3-5-7-18/h3-16H,1-2H3. The quantitative estimate of drug-likeness (QED) is 0.596. The summed E-state index contributed by atoms with van der Waals surface area (Å²) in [6, 6.07) is 25.1. The second-order valence-corrected chi connectivity index (χ2v) is 5.76. The molecule has 0 aliphatic heterocycles. The van der Waals surface area contributed by atoms with E-state index in [1.165, 1.54) is 0 Å². The Balaban J connectivity index is 1.68. The molecule has 126 valence electrons. The SMILES string of the molecule is COc1ccc(C(=O)OC(C)c2ccc(-c3ccccc3)cc2)cc1. The molecule has 1 atom stereocenters. The third kappa shape index (κ3) is 4.07. The number of hydrogen-bond donors (Lipinski definition) is 0. The Labute approximate surface area is 147 Å². The first-order chi connectivity index (χ1) is 12.2. The molecule has 3 rings (SSSR count). The molecule has 0 bridgehead atoms. The first-order valence-corrected chi connectivity index (χ1v) is 8.18. The van der Waals surface area contributed by atoms with Crippen LogP contribution in [0.5, 0.6) is 5.75 Å². The van der Waals surface area contributed by atoms with Crippen molar-refractivity contribution in [1.29, 1.82) is 0 Å². The summed E-state index contributed by atoms with van der Waals surface area (Å²) in [4.78, 5) is 12.3. The lowest BCUT2D eigenvalue weighted by Gasteiger charge is -2.14. The van der Waals surface area contributed by atoms with E-state index < -0.39 is 0 Å². The summed E-state index contributed by atoms with van der Waals surface area (Å²) in [5, 5.41) is 0. The Kier molecular flexibility index (Phi) is 5.14. The third-order valence-electron chi connectivity index (χ3n) is 4.10. The van der Waals surface area contributed by atoms with Crippen LogP contribution in [0.4, 0.5) is 0 Å². The second-order valence-electron chi connectivity index (χ2n) is 5.76. The Morgan fingerprint density at radius 1 is 0.800 bits per heavy atom. The monoisotopic (exact) mass is 332 g/mol. The van der Waals surface area contributed by atoms with Gasteiger partial charge in [-0.1, -0.05) is 54.6 Å². The Bertz CT molecular complexity index is 821. The van der Waals surface area contributed by atoms with E-state index in [2.05, 4.69) is 12.1 Å². The number of methoxy groups -OCH3 is 1. The van der Waals surface area contributed by atoms with Gasteiger partial charge in [-0.25, -0.2) is 4.79 Å². The fourth-order valence-electron chi connectivity index (χ4n) is 2.60. The largest absolute Gasteiger partial charge is 0.497 e. The minimum Gasteiger partial charge on any atom is -0.497 e. The molecule has 3 aromatic rings. The Morgan fingerprint density at radius 2 is 1.40 bits per heavy atom. The molecule has 0 saturated carbocycles. The molecule has 0 aliphatic carbocycles. The van der Waals surface area contributed by atoms with E-state index in [1.807, 2.05) is 49.4 Å². The predicted molar refractivity (Wildman–Crippen MR) is 98.7 cm³/mol. The van der Waals surface area contributed by atoms with Crippen LogP contribution in [-0.2, 0) is 4.74 Å². The molecule has 1 unspecified atom stereocenters.